The maximum absolute atomic E-state index is 12.2. The Morgan fingerprint density at radius 2 is 1.71 bits per heavy atom. The fourth-order valence-corrected chi connectivity index (χ4v) is 3.18. The van der Waals surface area contributed by atoms with E-state index in [-0.39, 0.29) is 23.3 Å². The van der Waals surface area contributed by atoms with Crippen molar-refractivity contribution in [3.63, 3.8) is 0 Å². The zero-order valence-electron chi connectivity index (χ0n) is 13.4. The highest BCUT2D eigenvalue weighted by Gasteiger charge is 2.32. The summed E-state index contributed by atoms with van der Waals surface area (Å²) in [5.41, 5.74) is 0.805. The largest absolute Gasteiger partial charge is 0.487 e. The Morgan fingerprint density at radius 1 is 1.08 bits per heavy atom. The molecular formula is C18H19NO4S. The number of rotatable bonds is 5. The van der Waals surface area contributed by atoms with Crippen LogP contribution >= 0.6 is 0 Å². The summed E-state index contributed by atoms with van der Waals surface area (Å²) in [6, 6.07) is 16.0. The molecule has 1 saturated heterocycles. The molecule has 5 nitrogen and oxygen atoms in total. The molecule has 0 aromatic heterocycles. The van der Waals surface area contributed by atoms with Crippen LogP contribution in [-0.2, 0) is 21.1 Å². The predicted octanol–water partition coefficient (Wildman–Crippen LogP) is 1.92. The lowest BCUT2D eigenvalue weighted by atomic mass is 10.1. The van der Waals surface area contributed by atoms with Gasteiger partial charge in [0.05, 0.1) is 24.4 Å². The van der Waals surface area contributed by atoms with Crippen molar-refractivity contribution in [1.82, 2.24) is 4.90 Å². The lowest BCUT2D eigenvalue weighted by Gasteiger charge is -2.39. The quantitative estimate of drug-likeness (QED) is 0.831. The number of nitrogens with zero attached hydrogens (tertiary/aromatic N) is 1. The van der Waals surface area contributed by atoms with E-state index in [0.717, 1.165) is 11.3 Å². The van der Waals surface area contributed by atoms with E-state index in [2.05, 4.69) is 0 Å². The molecule has 0 unspecified atom stereocenters. The Bertz CT molecular complexity index is 810. The Balaban J connectivity index is 1.50. The van der Waals surface area contributed by atoms with Crippen LogP contribution in [0.4, 0.5) is 0 Å². The molecule has 1 heterocycles. The second-order valence-electron chi connectivity index (χ2n) is 5.94. The summed E-state index contributed by atoms with van der Waals surface area (Å²) in [5, 5.41) is 0. The minimum absolute atomic E-state index is 0.0232. The average molecular weight is 345 g/mol. The first kappa shape index (κ1) is 16.5. The summed E-state index contributed by atoms with van der Waals surface area (Å²) in [7, 11) is -3.21. The minimum atomic E-state index is -3.21. The highest BCUT2D eigenvalue weighted by Crippen LogP contribution is 2.19. The number of amides is 1. The van der Waals surface area contributed by atoms with E-state index in [1.807, 2.05) is 30.3 Å². The molecule has 0 spiro atoms. The Morgan fingerprint density at radius 3 is 2.29 bits per heavy atom. The van der Waals surface area contributed by atoms with Gasteiger partial charge in [0, 0.05) is 6.26 Å². The van der Waals surface area contributed by atoms with E-state index in [1.165, 1.54) is 18.4 Å². The van der Waals surface area contributed by atoms with Gasteiger partial charge in [-0.15, -0.1) is 0 Å². The van der Waals surface area contributed by atoms with Gasteiger partial charge in [-0.1, -0.05) is 30.3 Å². The molecule has 1 aliphatic heterocycles. The number of para-hydroxylation sites is 1. The van der Waals surface area contributed by atoms with Gasteiger partial charge in [0.2, 0.25) is 5.91 Å². The molecule has 2 aromatic rings. The third-order valence-corrected chi connectivity index (χ3v) is 5.08. The molecule has 1 aliphatic rings. The van der Waals surface area contributed by atoms with E-state index in [0.29, 0.717) is 13.1 Å². The van der Waals surface area contributed by atoms with Crippen LogP contribution in [0.3, 0.4) is 0 Å². The van der Waals surface area contributed by atoms with Gasteiger partial charge in [0.15, 0.2) is 9.84 Å². The number of hydrogen-bond donors (Lipinski definition) is 0. The van der Waals surface area contributed by atoms with E-state index in [1.54, 1.807) is 17.0 Å². The second kappa shape index (κ2) is 6.65. The zero-order valence-corrected chi connectivity index (χ0v) is 14.2. The van der Waals surface area contributed by atoms with E-state index in [9.17, 15) is 13.2 Å². The molecule has 2 aromatic carbocycles. The number of ether oxygens (including phenoxy) is 1. The molecule has 0 atom stereocenters. The van der Waals surface area contributed by atoms with Gasteiger partial charge in [-0.05, 0) is 29.8 Å². The predicted molar refractivity (Wildman–Crippen MR) is 90.7 cm³/mol. The van der Waals surface area contributed by atoms with Crippen LogP contribution in [0, 0.1) is 0 Å². The first-order valence-electron chi connectivity index (χ1n) is 7.70. The third-order valence-electron chi connectivity index (χ3n) is 3.95. The number of hydrogen-bond acceptors (Lipinski definition) is 4. The topological polar surface area (TPSA) is 63.7 Å². The molecule has 0 saturated carbocycles. The van der Waals surface area contributed by atoms with Crippen LogP contribution in [0.25, 0.3) is 0 Å². The Labute approximate surface area is 141 Å². The SMILES string of the molecule is CS(=O)(=O)c1ccc(CC(=O)N2CC(Oc3ccccc3)C2)cc1. The second-order valence-corrected chi connectivity index (χ2v) is 7.96. The number of carbonyl (C=O) groups excluding carboxylic acids is 1. The molecule has 1 fully saturated rings. The highest BCUT2D eigenvalue weighted by atomic mass is 32.2. The number of benzene rings is 2. The van der Waals surface area contributed by atoms with Gasteiger partial charge < -0.3 is 9.64 Å². The standard InChI is InChI=1S/C18H19NO4S/c1-24(21,22)17-9-7-14(8-10-17)11-18(20)19-12-16(13-19)23-15-5-3-2-4-6-15/h2-10,16H,11-13H2,1H3. The fraction of sp³-hybridized carbons (Fsp3) is 0.278. The summed E-state index contributed by atoms with van der Waals surface area (Å²) < 4.78 is 28.6. The first-order valence-corrected chi connectivity index (χ1v) is 9.59. The normalized spacial score (nSPS) is 15.0. The van der Waals surface area contributed by atoms with Crippen molar-refractivity contribution in [2.45, 2.75) is 17.4 Å². The summed E-state index contributed by atoms with van der Waals surface area (Å²) >= 11 is 0. The van der Waals surface area contributed by atoms with Crippen molar-refractivity contribution in [2.75, 3.05) is 19.3 Å². The summed E-state index contributed by atoms with van der Waals surface area (Å²) in [5.74, 6) is 0.834. The molecule has 0 aliphatic carbocycles. The van der Waals surface area contributed by atoms with Crippen molar-refractivity contribution >= 4 is 15.7 Å². The van der Waals surface area contributed by atoms with Gasteiger partial charge in [-0.3, -0.25) is 4.79 Å². The van der Waals surface area contributed by atoms with Crippen molar-refractivity contribution in [3.8, 4) is 5.75 Å². The van der Waals surface area contributed by atoms with Crippen molar-refractivity contribution < 1.29 is 17.9 Å². The molecule has 24 heavy (non-hydrogen) atoms. The first-order chi connectivity index (χ1) is 11.4. The van der Waals surface area contributed by atoms with Gasteiger partial charge in [-0.2, -0.15) is 0 Å². The smallest absolute Gasteiger partial charge is 0.227 e. The molecular weight excluding hydrogens is 326 g/mol. The van der Waals surface area contributed by atoms with Gasteiger partial charge in [-0.25, -0.2) is 8.42 Å². The molecule has 1 amide bonds. The summed E-state index contributed by atoms with van der Waals surface area (Å²) in [6.07, 6.45) is 1.46. The lowest BCUT2D eigenvalue weighted by molar-refractivity contribution is -0.139. The lowest BCUT2D eigenvalue weighted by Crippen LogP contribution is -2.56. The van der Waals surface area contributed by atoms with Crippen molar-refractivity contribution in [3.05, 3.63) is 60.2 Å². The minimum Gasteiger partial charge on any atom is -0.487 e. The fourth-order valence-electron chi connectivity index (χ4n) is 2.55. The molecule has 126 valence electrons. The molecule has 3 rings (SSSR count). The zero-order chi connectivity index (χ0) is 17.2. The summed E-state index contributed by atoms with van der Waals surface area (Å²) in [4.78, 5) is 14.2. The monoisotopic (exact) mass is 345 g/mol. The Kier molecular flexibility index (Phi) is 4.57. The van der Waals surface area contributed by atoms with Crippen LogP contribution in [-0.4, -0.2) is 44.7 Å². The maximum Gasteiger partial charge on any atom is 0.227 e. The van der Waals surface area contributed by atoms with Gasteiger partial charge in [0.1, 0.15) is 11.9 Å². The molecule has 0 radical (unpaired) electrons. The number of sulfone groups is 1. The maximum atomic E-state index is 12.2. The molecule has 0 bridgehead atoms. The van der Waals surface area contributed by atoms with Crippen LogP contribution in [0.5, 0.6) is 5.75 Å². The molecule has 6 heteroatoms. The summed E-state index contributed by atoms with van der Waals surface area (Å²) in [6.45, 7) is 1.16. The van der Waals surface area contributed by atoms with Crippen molar-refractivity contribution in [1.29, 1.82) is 0 Å². The molecule has 0 N–H and O–H groups in total. The number of carbonyl (C=O) groups is 1. The van der Waals surface area contributed by atoms with E-state index >= 15 is 0 Å². The van der Waals surface area contributed by atoms with Gasteiger partial charge >= 0.3 is 0 Å². The number of likely N-dealkylation sites (tertiary alicyclic amines) is 1. The van der Waals surface area contributed by atoms with E-state index < -0.39 is 9.84 Å². The van der Waals surface area contributed by atoms with Gasteiger partial charge in [0.25, 0.3) is 0 Å². The average Bonchev–Trinajstić information content (AvgIpc) is 2.51. The van der Waals surface area contributed by atoms with Crippen LogP contribution < -0.4 is 4.74 Å². The van der Waals surface area contributed by atoms with E-state index in [4.69, 9.17) is 4.74 Å². The van der Waals surface area contributed by atoms with Crippen molar-refractivity contribution in [2.24, 2.45) is 0 Å². The van der Waals surface area contributed by atoms with Crippen LogP contribution in [0.2, 0.25) is 0 Å². The Hall–Kier alpha value is -2.34. The van der Waals surface area contributed by atoms with Crippen LogP contribution in [0.1, 0.15) is 5.56 Å². The highest BCUT2D eigenvalue weighted by molar-refractivity contribution is 7.90. The third kappa shape index (κ3) is 3.94. The van der Waals surface area contributed by atoms with Crippen LogP contribution in [0.15, 0.2) is 59.5 Å².